The minimum Gasteiger partial charge on any atom is -0.395 e. The van der Waals surface area contributed by atoms with Crippen molar-refractivity contribution in [2.24, 2.45) is 0 Å². The van der Waals surface area contributed by atoms with Crippen LogP contribution in [0.15, 0.2) is 64.3 Å². The number of piperazine rings is 1. The summed E-state index contributed by atoms with van der Waals surface area (Å²) < 4.78 is 2.27. The van der Waals surface area contributed by atoms with Gasteiger partial charge in [-0.15, -0.1) is 0 Å². The number of hydrogen-bond donors (Lipinski definition) is 1. The first-order valence-corrected chi connectivity index (χ1v) is 14.2. The van der Waals surface area contributed by atoms with Gasteiger partial charge in [0.15, 0.2) is 0 Å². The van der Waals surface area contributed by atoms with Gasteiger partial charge in [-0.1, -0.05) is 72.5 Å². The van der Waals surface area contributed by atoms with Crippen molar-refractivity contribution in [3.8, 4) is 0 Å². The number of hydrogen-bond acceptors (Lipinski definition) is 7. The van der Waals surface area contributed by atoms with Crippen molar-refractivity contribution in [1.82, 2.24) is 14.4 Å². The molecule has 3 aromatic rings. The number of pyridine rings is 1. The van der Waals surface area contributed by atoms with E-state index in [0.717, 1.165) is 48.3 Å². The molecule has 2 saturated heterocycles. The summed E-state index contributed by atoms with van der Waals surface area (Å²) >= 11 is 6.90. The number of thioether (sulfide) groups is 1. The lowest BCUT2D eigenvalue weighted by molar-refractivity contribution is -0.123. The Kier molecular flexibility index (Phi) is 7.99. The minimum absolute atomic E-state index is 0.111. The Bertz CT molecular complexity index is 1450. The van der Waals surface area contributed by atoms with E-state index in [0.29, 0.717) is 27.9 Å². The van der Waals surface area contributed by atoms with Gasteiger partial charge < -0.3 is 14.6 Å². The number of carbonyl (C=O) groups is 1. The van der Waals surface area contributed by atoms with Crippen LogP contribution in [0.3, 0.4) is 0 Å². The lowest BCUT2D eigenvalue weighted by Crippen LogP contribution is -2.48. The molecule has 0 saturated carbocycles. The van der Waals surface area contributed by atoms with Crippen LogP contribution >= 0.6 is 24.0 Å². The van der Waals surface area contributed by atoms with Crippen molar-refractivity contribution in [2.75, 3.05) is 44.2 Å². The van der Waals surface area contributed by atoms with Crippen LogP contribution in [0.4, 0.5) is 5.69 Å². The van der Waals surface area contributed by atoms with Crippen LogP contribution in [0.25, 0.3) is 17.0 Å². The highest BCUT2D eigenvalue weighted by Crippen LogP contribution is 2.39. The van der Waals surface area contributed by atoms with Crippen LogP contribution in [-0.2, 0) is 11.3 Å². The maximum absolute atomic E-state index is 13.9. The highest BCUT2D eigenvalue weighted by Gasteiger charge is 2.36. The molecule has 198 valence electrons. The fourth-order valence-corrected chi connectivity index (χ4v) is 6.76. The Morgan fingerprint density at radius 1 is 1.03 bits per heavy atom. The number of aromatic nitrogens is 1. The van der Waals surface area contributed by atoms with E-state index in [-0.39, 0.29) is 24.1 Å². The Hall–Kier alpha value is -2.98. The third kappa shape index (κ3) is 4.91. The molecule has 2 aliphatic heterocycles. The zero-order valence-corrected chi connectivity index (χ0v) is 23.3. The molecule has 1 unspecified atom stereocenters. The smallest absolute Gasteiger partial charge is 0.266 e. The fraction of sp³-hybridized carbons (Fsp3) is 0.345. The standard InChI is InChI=1S/C29H32N4O3S2/c1-3-32-24-12-8-7-11-22(24)26(31-15-13-30(14-16-31)17-18-34)23(27(32)35)19-25-28(36)33(29(37)38-25)20(2)21-9-5-4-6-10-21/h4-12,19-20,34H,3,13-18H2,1-2H3. The zero-order chi connectivity index (χ0) is 26.8. The van der Waals surface area contributed by atoms with Crippen LogP contribution < -0.4 is 10.5 Å². The number of thiocarbonyl (C=S) groups is 1. The minimum atomic E-state index is -0.211. The molecule has 5 rings (SSSR count). The number of aliphatic hydroxyl groups is 1. The molecule has 1 aromatic heterocycles. The normalized spacial score (nSPS) is 18.7. The van der Waals surface area contributed by atoms with Gasteiger partial charge in [0, 0.05) is 44.7 Å². The summed E-state index contributed by atoms with van der Waals surface area (Å²) in [6, 6.07) is 17.6. The second kappa shape index (κ2) is 11.4. The molecule has 2 aromatic carbocycles. The number of β-amino-alcohol motifs (C(OH)–C–C–N with tert-alkyl or cyclic N) is 1. The molecule has 2 aliphatic rings. The summed E-state index contributed by atoms with van der Waals surface area (Å²) in [4.78, 5) is 34.2. The molecule has 0 radical (unpaired) electrons. The maximum Gasteiger partial charge on any atom is 0.266 e. The molecule has 0 aliphatic carbocycles. The number of anilines is 1. The van der Waals surface area contributed by atoms with Crippen LogP contribution in [0.2, 0.25) is 0 Å². The van der Waals surface area contributed by atoms with Crippen molar-refractivity contribution in [1.29, 1.82) is 0 Å². The van der Waals surface area contributed by atoms with Gasteiger partial charge in [0.05, 0.1) is 34.3 Å². The molecule has 0 bridgehead atoms. The molecule has 0 spiro atoms. The highest BCUT2D eigenvalue weighted by molar-refractivity contribution is 8.26. The van der Waals surface area contributed by atoms with Crippen LogP contribution in [0, 0.1) is 0 Å². The van der Waals surface area contributed by atoms with Crippen molar-refractivity contribution in [3.63, 3.8) is 0 Å². The molecule has 1 atom stereocenters. The number of carbonyl (C=O) groups excluding carboxylic acids is 1. The van der Waals surface area contributed by atoms with Gasteiger partial charge in [0.1, 0.15) is 4.32 Å². The van der Waals surface area contributed by atoms with Gasteiger partial charge in [0.25, 0.3) is 11.5 Å². The second-order valence-electron chi connectivity index (χ2n) is 9.52. The molecule has 9 heteroatoms. The van der Waals surface area contributed by atoms with Crippen LogP contribution in [0.5, 0.6) is 0 Å². The third-order valence-corrected chi connectivity index (χ3v) is 8.70. The molecule has 38 heavy (non-hydrogen) atoms. The van der Waals surface area contributed by atoms with Gasteiger partial charge >= 0.3 is 0 Å². The predicted molar refractivity (Wildman–Crippen MR) is 159 cm³/mol. The maximum atomic E-state index is 13.9. The van der Waals surface area contributed by atoms with Crippen molar-refractivity contribution < 1.29 is 9.90 Å². The first-order chi connectivity index (χ1) is 18.4. The SMILES string of the molecule is CCn1c(=O)c(C=C2SC(=S)N(C(C)c3ccccc3)C2=O)c(N2CCN(CCO)CC2)c2ccccc21. The lowest BCUT2D eigenvalue weighted by Gasteiger charge is -2.37. The van der Waals surface area contributed by atoms with Crippen molar-refractivity contribution in [3.05, 3.63) is 81.0 Å². The molecular formula is C29H32N4O3S2. The fourth-order valence-electron chi connectivity index (χ4n) is 5.36. The Labute approximate surface area is 232 Å². The van der Waals surface area contributed by atoms with Crippen LogP contribution in [0.1, 0.15) is 31.0 Å². The lowest BCUT2D eigenvalue weighted by atomic mass is 10.0. The summed E-state index contributed by atoms with van der Waals surface area (Å²) in [6.07, 6.45) is 1.76. The number of aryl methyl sites for hydroxylation is 1. The Morgan fingerprint density at radius 2 is 1.71 bits per heavy atom. The van der Waals surface area contributed by atoms with Gasteiger partial charge in [-0.2, -0.15) is 0 Å². The van der Waals surface area contributed by atoms with E-state index in [4.69, 9.17) is 12.2 Å². The number of benzene rings is 2. The zero-order valence-electron chi connectivity index (χ0n) is 21.7. The van der Waals surface area contributed by atoms with E-state index in [1.165, 1.54) is 11.8 Å². The van der Waals surface area contributed by atoms with E-state index >= 15 is 0 Å². The quantitative estimate of drug-likeness (QED) is 0.352. The van der Waals surface area contributed by atoms with Gasteiger partial charge in [-0.25, -0.2) is 0 Å². The summed E-state index contributed by atoms with van der Waals surface area (Å²) in [7, 11) is 0. The third-order valence-electron chi connectivity index (χ3n) is 7.37. The largest absolute Gasteiger partial charge is 0.395 e. The van der Waals surface area contributed by atoms with Gasteiger partial charge in [-0.3, -0.25) is 19.4 Å². The summed E-state index contributed by atoms with van der Waals surface area (Å²) in [5.41, 5.74) is 3.16. The monoisotopic (exact) mass is 548 g/mol. The average Bonchev–Trinajstić information content (AvgIpc) is 3.22. The van der Waals surface area contributed by atoms with Gasteiger partial charge in [-0.05, 0) is 31.6 Å². The summed E-state index contributed by atoms with van der Waals surface area (Å²) in [6.45, 7) is 8.27. The molecule has 3 heterocycles. The van der Waals surface area contributed by atoms with Gasteiger partial charge in [0.2, 0.25) is 0 Å². The van der Waals surface area contributed by atoms with E-state index in [1.54, 1.807) is 15.5 Å². The number of para-hydroxylation sites is 1. The van der Waals surface area contributed by atoms with Crippen molar-refractivity contribution >= 4 is 56.9 Å². The summed E-state index contributed by atoms with van der Waals surface area (Å²) in [5.74, 6) is -0.175. The number of nitrogens with zero attached hydrogens (tertiary/aromatic N) is 4. The van der Waals surface area contributed by atoms with E-state index < -0.39 is 0 Å². The number of rotatable bonds is 7. The molecule has 2 fully saturated rings. The highest BCUT2D eigenvalue weighted by atomic mass is 32.2. The first kappa shape index (κ1) is 26.6. The number of amides is 1. The average molecular weight is 549 g/mol. The molecule has 1 N–H and O–H groups in total. The van der Waals surface area contributed by atoms with E-state index in [2.05, 4.69) is 15.9 Å². The molecular weight excluding hydrogens is 516 g/mol. The number of aliphatic hydroxyl groups excluding tert-OH is 1. The molecule has 1 amide bonds. The summed E-state index contributed by atoms with van der Waals surface area (Å²) in [5, 5.41) is 10.4. The van der Waals surface area contributed by atoms with E-state index in [9.17, 15) is 14.7 Å². The van der Waals surface area contributed by atoms with Crippen LogP contribution in [-0.4, -0.2) is 69.0 Å². The van der Waals surface area contributed by atoms with Crippen molar-refractivity contribution in [2.45, 2.75) is 26.4 Å². The molecule has 7 nitrogen and oxygen atoms in total. The Morgan fingerprint density at radius 3 is 2.39 bits per heavy atom. The number of fused-ring (bicyclic) bond motifs is 1. The second-order valence-corrected chi connectivity index (χ2v) is 11.2. The first-order valence-electron chi connectivity index (χ1n) is 13.0. The van der Waals surface area contributed by atoms with E-state index in [1.807, 2.05) is 62.4 Å². The topological polar surface area (TPSA) is 69.0 Å². The predicted octanol–water partition coefficient (Wildman–Crippen LogP) is 4.10. The Balaban J connectivity index is 1.60.